The molecule has 96 valence electrons. The van der Waals surface area contributed by atoms with E-state index in [9.17, 15) is 13.2 Å². The second-order valence-corrected chi connectivity index (χ2v) is 4.47. The van der Waals surface area contributed by atoms with E-state index in [0.717, 1.165) is 45.3 Å². The van der Waals surface area contributed by atoms with Gasteiger partial charge in [-0.05, 0) is 45.3 Å². The molecule has 0 aromatic heterocycles. The highest BCUT2D eigenvalue weighted by atomic mass is 19.4. The van der Waals surface area contributed by atoms with Gasteiger partial charge in [0.2, 0.25) is 0 Å². The summed E-state index contributed by atoms with van der Waals surface area (Å²) >= 11 is 0. The van der Waals surface area contributed by atoms with E-state index in [4.69, 9.17) is 0 Å². The number of hydrogen-bond acceptors (Lipinski definition) is 2. The summed E-state index contributed by atoms with van der Waals surface area (Å²) in [4.78, 5) is 2.34. The molecule has 1 heterocycles. The van der Waals surface area contributed by atoms with Crippen molar-refractivity contribution in [3.63, 3.8) is 0 Å². The van der Waals surface area contributed by atoms with Gasteiger partial charge >= 0.3 is 6.18 Å². The first-order valence-corrected chi connectivity index (χ1v) is 6.04. The monoisotopic (exact) mass is 238 g/mol. The van der Waals surface area contributed by atoms with Crippen LogP contribution in [-0.2, 0) is 0 Å². The molecule has 0 aliphatic carbocycles. The van der Waals surface area contributed by atoms with Gasteiger partial charge in [-0.2, -0.15) is 13.2 Å². The van der Waals surface area contributed by atoms with Gasteiger partial charge in [0.25, 0.3) is 0 Å². The van der Waals surface area contributed by atoms with E-state index >= 15 is 0 Å². The van der Waals surface area contributed by atoms with Crippen LogP contribution in [0.15, 0.2) is 0 Å². The number of halogens is 3. The summed E-state index contributed by atoms with van der Waals surface area (Å²) in [6.07, 6.45) is -0.294. The molecule has 0 radical (unpaired) electrons. The Morgan fingerprint density at radius 2 is 2.00 bits per heavy atom. The lowest BCUT2D eigenvalue weighted by atomic mass is 10.1. The summed E-state index contributed by atoms with van der Waals surface area (Å²) in [5.74, 6) is 0. The second kappa shape index (κ2) is 6.45. The number of likely N-dealkylation sites (tertiary alicyclic amines) is 1. The Morgan fingerprint density at radius 1 is 1.25 bits per heavy atom. The zero-order chi connectivity index (χ0) is 12.0. The number of hydrogen-bond donors (Lipinski definition) is 1. The third kappa shape index (κ3) is 5.70. The first-order valence-electron chi connectivity index (χ1n) is 6.04. The van der Waals surface area contributed by atoms with Crippen molar-refractivity contribution in [2.45, 2.75) is 44.8 Å². The minimum Gasteiger partial charge on any atom is -0.306 e. The molecule has 1 aliphatic heterocycles. The fourth-order valence-corrected chi connectivity index (χ4v) is 2.16. The van der Waals surface area contributed by atoms with Gasteiger partial charge in [0, 0.05) is 6.04 Å². The lowest BCUT2D eigenvalue weighted by molar-refractivity contribution is -0.126. The van der Waals surface area contributed by atoms with Crippen molar-refractivity contribution in [3.05, 3.63) is 0 Å². The lowest BCUT2D eigenvalue weighted by Gasteiger charge is -2.20. The highest BCUT2D eigenvalue weighted by Gasteiger charge is 2.28. The Morgan fingerprint density at radius 3 is 2.62 bits per heavy atom. The number of rotatable bonds is 4. The van der Waals surface area contributed by atoms with Crippen LogP contribution in [0.4, 0.5) is 13.2 Å². The molecule has 16 heavy (non-hydrogen) atoms. The van der Waals surface area contributed by atoms with Crippen LogP contribution in [0.2, 0.25) is 0 Å². The van der Waals surface area contributed by atoms with Crippen LogP contribution in [0.3, 0.4) is 0 Å². The number of nitrogens with one attached hydrogen (secondary N) is 1. The summed E-state index contributed by atoms with van der Waals surface area (Å²) in [5, 5.41) is 2.61. The van der Waals surface area contributed by atoms with Gasteiger partial charge in [-0.3, -0.25) is 0 Å². The number of alkyl halides is 3. The maximum absolute atomic E-state index is 12.0. The van der Waals surface area contributed by atoms with Gasteiger partial charge in [0.15, 0.2) is 0 Å². The van der Waals surface area contributed by atoms with Gasteiger partial charge in [0.1, 0.15) is 0 Å². The van der Waals surface area contributed by atoms with E-state index in [1.165, 1.54) is 0 Å². The molecule has 1 rings (SSSR count). The second-order valence-electron chi connectivity index (χ2n) is 4.47. The van der Waals surface area contributed by atoms with Crippen LogP contribution >= 0.6 is 0 Å². The lowest BCUT2D eigenvalue weighted by Crippen LogP contribution is -2.37. The molecule has 0 bridgehead atoms. The molecular weight excluding hydrogens is 217 g/mol. The average molecular weight is 238 g/mol. The quantitative estimate of drug-likeness (QED) is 0.809. The molecule has 0 aromatic carbocycles. The third-order valence-electron chi connectivity index (χ3n) is 2.95. The fraction of sp³-hybridized carbons (Fsp3) is 1.00. The Labute approximate surface area is 95.2 Å². The van der Waals surface area contributed by atoms with Crippen molar-refractivity contribution in [1.29, 1.82) is 0 Å². The Kier molecular flexibility index (Phi) is 5.55. The highest BCUT2D eigenvalue weighted by molar-refractivity contribution is 4.75. The van der Waals surface area contributed by atoms with Crippen molar-refractivity contribution in [3.8, 4) is 0 Å². The predicted molar refractivity (Wildman–Crippen MR) is 58.4 cm³/mol. The Bertz CT molecular complexity index is 194. The molecule has 0 saturated carbocycles. The van der Waals surface area contributed by atoms with Crippen LogP contribution in [0.1, 0.15) is 32.6 Å². The zero-order valence-corrected chi connectivity index (χ0v) is 9.82. The molecule has 5 heteroatoms. The molecule has 1 saturated heterocycles. The van der Waals surface area contributed by atoms with Crippen molar-refractivity contribution in [2.75, 3.05) is 26.2 Å². The molecule has 0 spiro atoms. The number of nitrogens with zero attached hydrogens (tertiary/aromatic N) is 1. The Hall–Kier alpha value is -0.290. The van der Waals surface area contributed by atoms with Crippen LogP contribution in [0.5, 0.6) is 0 Å². The van der Waals surface area contributed by atoms with Crippen LogP contribution in [0, 0.1) is 0 Å². The first-order chi connectivity index (χ1) is 7.51. The maximum atomic E-state index is 12.0. The van der Waals surface area contributed by atoms with E-state index < -0.39 is 12.7 Å². The van der Waals surface area contributed by atoms with Crippen molar-refractivity contribution < 1.29 is 13.2 Å². The highest BCUT2D eigenvalue weighted by Crippen LogP contribution is 2.16. The molecule has 2 nitrogen and oxygen atoms in total. The van der Waals surface area contributed by atoms with E-state index in [2.05, 4.69) is 17.1 Å². The minimum atomic E-state index is -4.09. The van der Waals surface area contributed by atoms with Crippen molar-refractivity contribution >= 4 is 0 Å². The Balaban J connectivity index is 2.25. The third-order valence-corrected chi connectivity index (χ3v) is 2.95. The van der Waals surface area contributed by atoms with Gasteiger partial charge in [-0.1, -0.05) is 6.92 Å². The molecule has 1 atom stereocenters. The molecule has 1 aliphatic rings. The molecule has 1 N–H and O–H groups in total. The normalized spacial score (nSPS) is 24.4. The topological polar surface area (TPSA) is 15.3 Å². The molecular formula is C11H21F3N2. The van der Waals surface area contributed by atoms with Gasteiger partial charge in [-0.25, -0.2) is 0 Å². The molecule has 0 aromatic rings. The van der Waals surface area contributed by atoms with E-state index in [1.54, 1.807) is 0 Å². The maximum Gasteiger partial charge on any atom is 0.401 e. The predicted octanol–water partition coefficient (Wildman–Crippen LogP) is 2.40. The van der Waals surface area contributed by atoms with Crippen molar-refractivity contribution in [2.24, 2.45) is 0 Å². The molecule has 0 amide bonds. The van der Waals surface area contributed by atoms with Gasteiger partial charge in [0.05, 0.1) is 6.54 Å². The summed E-state index contributed by atoms with van der Waals surface area (Å²) in [7, 11) is 0. The largest absolute Gasteiger partial charge is 0.401 e. The summed E-state index contributed by atoms with van der Waals surface area (Å²) in [5.41, 5.74) is 0. The minimum absolute atomic E-state index is 0.0310. The van der Waals surface area contributed by atoms with Gasteiger partial charge < -0.3 is 10.2 Å². The SMILES string of the molecule is CCCN1CCCC(NCC(F)(F)F)CC1. The smallest absolute Gasteiger partial charge is 0.306 e. The summed E-state index contributed by atoms with van der Waals surface area (Å²) < 4.78 is 36.1. The zero-order valence-electron chi connectivity index (χ0n) is 9.82. The molecule has 1 fully saturated rings. The fourth-order valence-electron chi connectivity index (χ4n) is 2.16. The molecule has 1 unspecified atom stereocenters. The van der Waals surface area contributed by atoms with Crippen LogP contribution in [0.25, 0.3) is 0 Å². The average Bonchev–Trinajstić information content (AvgIpc) is 2.40. The summed E-state index contributed by atoms with van der Waals surface area (Å²) in [6, 6.07) is 0.0310. The van der Waals surface area contributed by atoms with E-state index in [1.807, 2.05) is 0 Å². The standard InChI is InChI=1S/C11H21F3N2/c1-2-6-16-7-3-4-10(5-8-16)15-9-11(12,13)14/h10,15H,2-9H2,1H3. The summed E-state index contributed by atoms with van der Waals surface area (Å²) in [6.45, 7) is 4.28. The first kappa shape index (κ1) is 13.8. The van der Waals surface area contributed by atoms with Crippen molar-refractivity contribution in [1.82, 2.24) is 10.2 Å². The van der Waals surface area contributed by atoms with Crippen LogP contribution in [-0.4, -0.2) is 43.3 Å². The van der Waals surface area contributed by atoms with E-state index in [0.29, 0.717) is 0 Å². The van der Waals surface area contributed by atoms with Crippen LogP contribution < -0.4 is 5.32 Å². The van der Waals surface area contributed by atoms with Gasteiger partial charge in [-0.15, -0.1) is 0 Å². The van der Waals surface area contributed by atoms with E-state index in [-0.39, 0.29) is 6.04 Å².